The minimum absolute atomic E-state index is 0.0109. The molecule has 0 saturated heterocycles. The molecule has 0 unspecified atom stereocenters. The maximum absolute atomic E-state index is 11.3. The van der Waals surface area contributed by atoms with E-state index in [1.807, 2.05) is 0 Å². The second-order valence-corrected chi connectivity index (χ2v) is 4.06. The number of nitrogen functional groups attached to an aromatic ring is 1. The van der Waals surface area contributed by atoms with Crippen molar-refractivity contribution < 1.29 is 14.5 Å². The lowest BCUT2D eigenvalue weighted by molar-refractivity contribution is -0.384. The lowest BCUT2D eigenvalue weighted by atomic mass is 10.1. The highest BCUT2D eigenvalue weighted by Gasteiger charge is 2.22. The van der Waals surface area contributed by atoms with Crippen LogP contribution in [0.5, 0.6) is 0 Å². The van der Waals surface area contributed by atoms with Crippen LogP contribution in [0.25, 0.3) is 0 Å². The Morgan fingerprint density at radius 1 is 1.59 bits per heavy atom. The van der Waals surface area contributed by atoms with Crippen molar-refractivity contribution >= 4 is 33.3 Å². The van der Waals surface area contributed by atoms with Gasteiger partial charge in [0.2, 0.25) is 0 Å². The second-order valence-electron chi connectivity index (χ2n) is 3.21. The van der Waals surface area contributed by atoms with Crippen LogP contribution in [0.2, 0.25) is 0 Å². The van der Waals surface area contributed by atoms with Gasteiger partial charge in [-0.3, -0.25) is 14.9 Å². The summed E-state index contributed by atoms with van der Waals surface area (Å²) in [5.41, 5.74) is 5.59. The van der Waals surface area contributed by atoms with Crippen LogP contribution < -0.4 is 5.73 Å². The summed E-state index contributed by atoms with van der Waals surface area (Å²) in [6, 6.07) is 3.05. The molecule has 0 aliphatic heterocycles. The van der Waals surface area contributed by atoms with E-state index in [1.54, 1.807) is 13.0 Å². The van der Waals surface area contributed by atoms with Crippen LogP contribution in [-0.4, -0.2) is 17.5 Å². The maximum atomic E-state index is 11.3. The molecule has 7 heteroatoms. The topological polar surface area (TPSA) is 95.5 Å². The number of nitro groups is 1. The quantitative estimate of drug-likeness (QED) is 0.397. The van der Waals surface area contributed by atoms with Crippen LogP contribution in [0.1, 0.15) is 12.5 Å². The molecular formula is C10H11BrN2O4. The summed E-state index contributed by atoms with van der Waals surface area (Å²) in [5.74, 6) is -0.516. The molecule has 1 rings (SSSR count). The molecule has 2 N–H and O–H groups in total. The number of hydrogen-bond donors (Lipinski definition) is 1. The van der Waals surface area contributed by atoms with Gasteiger partial charge in [0.1, 0.15) is 5.69 Å². The summed E-state index contributed by atoms with van der Waals surface area (Å²) in [5, 5.41) is 10.9. The van der Waals surface area contributed by atoms with Crippen molar-refractivity contribution in [1.29, 1.82) is 0 Å². The summed E-state index contributed by atoms with van der Waals surface area (Å²) in [4.78, 5) is 21.6. The molecule has 1 aromatic rings. The van der Waals surface area contributed by atoms with Crippen LogP contribution in [0.3, 0.4) is 0 Å². The fourth-order valence-corrected chi connectivity index (χ4v) is 1.67. The molecule has 0 aromatic heterocycles. The molecule has 0 amide bonds. The van der Waals surface area contributed by atoms with Crippen molar-refractivity contribution in [3.63, 3.8) is 0 Å². The van der Waals surface area contributed by atoms with E-state index in [2.05, 4.69) is 15.9 Å². The number of carbonyl (C=O) groups excluding carboxylic acids is 1. The molecule has 0 spiro atoms. The number of benzene rings is 1. The van der Waals surface area contributed by atoms with Crippen molar-refractivity contribution in [2.24, 2.45) is 0 Å². The Labute approximate surface area is 106 Å². The summed E-state index contributed by atoms with van der Waals surface area (Å²) in [7, 11) is 0. The number of rotatable bonds is 4. The van der Waals surface area contributed by atoms with Crippen LogP contribution in [-0.2, 0) is 16.0 Å². The largest absolute Gasteiger partial charge is 0.466 e. The molecule has 0 saturated carbocycles. The fourth-order valence-electron chi connectivity index (χ4n) is 1.35. The normalized spacial score (nSPS) is 10.0. The molecule has 0 atom stereocenters. The molecule has 1 aromatic carbocycles. The molecule has 92 valence electrons. The highest BCUT2D eigenvalue weighted by atomic mass is 79.9. The number of nitrogens with two attached hydrogens (primary N) is 1. The molecule has 0 aliphatic carbocycles. The van der Waals surface area contributed by atoms with Crippen molar-refractivity contribution in [3.05, 3.63) is 32.3 Å². The third-order valence-electron chi connectivity index (χ3n) is 2.07. The predicted molar refractivity (Wildman–Crippen MR) is 65.5 cm³/mol. The van der Waals surface area contributed by atoms with Crippen LogP contribution >= 0.6 is 15.9 Å². The summed E-state index contributed by atoms with van der Waals surface area (Å²) < 4.78 is 5.16. The number of esters is 1. The summed E-state index contributed by atoms with van der Waals surface area (Å²) >= 11 is 3.10. The van der Waals surface area contributed by atoms with Gasteiger partial charge in [-0.05, 0) is 28.9 Å². The number of carbonyl (C=O) groups is 1. The van der Waals surface area contributed by atoms with E-state index in [1.165, 1.54) is 6.07 Å². The maximum Gasteiger partial charge on any atom is 0.310 e. The second kappa shape index (κ2) is 5.62. The van der Waals surface area contributed by atoms with Gasteiger partial charge >= 0.3 is 5.97 Å². The van der Waals surface area contributed by atoms with Crippen LogP contribution in [0.4, 0.5) is 11.4 Å². The molecule has 0 bridgehead atoms. The average Bonchev–Trinajstić information content (AvgIpc) is 2.23. The zero-order valence-corrected chi connectivity index (χ0v) is 10.7. The van der Waals surface area contributed by atoms with E-state index in [-0.39, 0.29) is 30.0 Å². The van der Waals surface area contributed by atoms with E-state index in [0.717, 1.165) is 0 Å². The summed E-state index contributed by atoms with van der Waals surface area (Å²) in [6.45, 7) is 1.90. The van der Waals surface area contributed by atoms with E-state index in [4.69, 9.17) is 10.5 Å². The average molecular weight is 303 g/mol. The van der Waals surface area contributed by atoms with Crippen molar-refractivity contribution in [2.45, 2.75) is 13.3 Å². The van der Waals surface area contributed by atoms with E-state index in [9.17, 15) is 14.9 Å². The van der Waals surface area contributed by atoms with Gasteiger partial charge in [0.15, 0.2) is 0 Å². The first-order valence-electron chi connectivity index (χ1n) is 4.84. The number of anilines is 1. The predicted octanol–water partition coefficient (Wildman–Crippen LogP) is 2.05. The Balaban J connectivity index is 3.11. The lowest BCUT2D eigenvalue weighted by Gasteiger charge is -2.06. The Morgan fingerprint density at radius 3 is 2.76 bits per heavy atom. The minimum atomic E-state index is -0.603. The molecule has 6 nitrogen and oxygen atoms in total. The summed E-state index contributed by atoms with van der Waals surface area (Å²) in [6.07, 6.45) is -0.165. The van der Waals surface area contributed by atoms with Crippen LogP contribution in [0.15, 0.2) is 16.6 Å². The number of nitro benzene ring substituents is 1. The smallest absolute Gasteiger partial charge is 0.310 e. The van der Waals surface area contributed by atoms with E-state index < -0.39 is 10.9 Å². The number of halogens is 1. The van der Waals surface area contributed by atoms with Gasteiger partial charge in [-0.2, -0.15) is 0 Å². The molecule has 0 aliphatic rings. The number of ether oxygens (including phenoxy) is 1. The Bertz CT molecular complexity index is 462. The molecule has 0 fully saturated rings. The zero-order chi connectivity index (χ0) is 13.0. The van der Waals surface area contributed by atoms with E-state index >= 15 is 0 Å². The minimum Gasteiger partial charge on any atom is -0.466 e. The highest BCUT2D eigenvalue weighted by molar-refractivity contribution is 9.10. The third kappa shape index (κ3) is 3.16. The standard InChI is InChI=1S/C10H11BrN2O4/c1-2-17-8(14)5-6-3-4-7(11)9(12)10(6)13(15)16/h3-4H,2,5,12H2,1H3. The molecule has 17 heavy (non-hydrogen) atoms. The Hall–Kier alpha value is -1.63. The first kappa shape index (κ1) is 13.4. The number of nitrogens with zero attached hydrogens (tertiary/aromatic N) is 1. The van der Waals surface area contributed by atoms with Crippen molar-refractivity contribution in [1.82, 2.24) is 0 Å². The lowest BCUT2D eigenvalue weighted by Crippen LogP contribution is -2.10. The van der Waals surface area contributed by atoms with Gasteiger partial charge in [-0.25, -0.2) is 0 Å². The number of hydrogen-bond acceptors (Lipinski definition) is 5. The van der Waals surface area contributed by atoms with Crippen molar-refractivity contribution in [2.75, 3.05) is 12.3 Å². The van der Waals surface area contributed by atoms with Crippen LogP contribution in [0, 0.1) is 10.1 Å². The van der Waals surface area contributed by atoms with Gasteiger partial charge in [0, 0.05) is 10.0 Å². The first-order chi connectivity index (χ1) is 7.97. The SMILES string of the molecule is CCOC(=O)Cc1ccc(Br)c(N)c1[N+](=O)[O-]. The van der Waals surface area contributed by atoms with Gasteiger partial charge < -0.3 is 10.5 Å². The Kier molecular flexibility index (Phi) is 4.45. The van der Waals surface area contributed by atoms with Gasteiger partial charge in [-0.15, -0.1) is 0 Å². The first-order valence-corrected chi connectivity index (χ1v) is 5.63. The van der Waals surface area contributed by atoms with Gasteiger partial charge in [0.25, 0.3) is 5.69 Å². The molecular weight excluding hydrogens is 292 g/mol. The highest BCUT2D eigenvalue weighted by Crippen LogP contribution is 2.33. The zero-order valence-electron chi connectivity index (χ0n) is 9.10. The van der Waals surface area contributed by atoms with E-state index in [0.29, 0.717) is 4.47 Å². The monoisotopic (exact) mass is 302 g/mol. The Morgan fingerprint density at radius 2 is 2.24 bits per heavy atom. The van der Waals surface area contributed by atoms with Gasteiger partial charge in [-0.1, -0.05) is 6.07 Å². The van der Waals surface area contributed by atoms with Crippen molar-refractivity contribution in [3.8, 4) is 0 Å². The molecule has 0 radical (unpaired) electrons. The molecule has 0 heterocycles. The third-order valence-corrected chi connectivity index (χ3v) is 2.76. The fraction of sp³-hybridized carbons (Fsp3) is 0.300. The van der Waals surface area contributed by atoms with Gasteiger partial charge in [0.05, 0.1) is 18.0 Å².